The van der Waals surface area contributed by atoms with Crippen molar-refractivity contribution in [2.45, 2.75) is 32.9 Å². The van der Waals surface area contributed by atoms with Crippen LogP contribution in [0.3, 0.4) is 0 Å². The topological polar surface area (TPSA) is 90.7 Å². The normalized spacial score (nSPS) is 11.0. The van der Waals surface area contributed by atoms with Crippen LogP contribution in [-0.4, -0.2) is 16.6 Å². The van der Waals surface area contributed by atoms with Crippen LogP contribution in [0.2, 0.25) is 5.02 Å². The van der Waals surface area contributed by atoms with E-state index in [4.69, 9.17) is 21.1 Å². The van der Waals surface area contributed by atoms with Gasteiger partial charge in [-0.15, -0.1) is 0 Å². The molecule has 144 valence electrons. The van der Waals surface area contributed by atoms with Crippen LogP contribution < -0.4 is 10.1 Å². The molecule has 0 radical (unpaired) electrons. The van der Waals surface area contributed by atoms with Gasteiger partial charge in [-0.2, -0.15) is 0 Å². The summed E-state index contributed by atoms with van der Waals surface area (Å²) >= 11 is 5.62. The summed E-state index contributed by atoms with van der Waals surface area (Å²) in [5.41, 5.74) is -0.832. The fraction of sp³-hybridized carbons (Fsp3) is 0.278. The molecular formula is C18H18ClFN2O5. The second kappa shape index (κ2) is 8.22. The van der Waals surface area contributed by atoms with E-state index in [0.717, 1.165) is 6.07 Å². The van der Waals surface area contributed by atoms with Crippen molar-refractivity contribution in [2.24, 2.45) is 0 Å². The molecule has 9 heteroatoms. The SMILES string of the molecule is CC(C)(C)OC(=O)NCc1cccc(Oc2ccc(Cl)c(F)c2)c1[N+](=O)[O-]. The molecule has 0 aromatic heterocycles. The molecule has 0 aliphatic rings. The summed E-state index contributed by atoms with van der Waals surface area (Å²) in [7, 11) is 0. The van der Waals surface area contributed by atoms with Crippen molar-refractivity contribution >= 4 is 23.4 Å². The van der Waals surface area contributed by atoms with Crippen LogP contribution in [-0.2, 0) is 11.3 Å². The molecule has 0 saturated carbocycles. The molecule has 0 fully saturated rings. The van der Waals surface area contributed by atoms with Crippen molar-refractivity contribution in [1.29, 1.82) is 0 Å². The molecule has 0 atom stereocenters. The number of nitrogens with zero attached hydrogens (tertiary/aromatic N) is 1. The van der Waals surface area contributed by atoms with E-state index in [-0.39, 0.29) is 34.3 Å². The van der Waals surface area contributed by atoms with Crippen molar-refractivity contribution in [2.75, 3.05) is 0 Å². The van der Waals surface area contributed by atoms with Crippen molar-refractivity contribution in [1.82, 2.24) is 5.32 Å². The molecule has 1 amide bonds. The Balaban J connectivity index is 2.24. The maximum Gasteiger partial charge on any atom is 0.407 e. The minimum atomic E-state index is -0.709. The number of rotatable bonds is 5. The van der Waals surface area contributed by atoms with E-state index in [1.165, 1.54) is 30.3 Å². The lowest BCUT2D eigenvalue weighted by Crippen LogP contribution is -2.32. The first-order valence-corrected chi connectivity index (χ1v) is 8.30. The highest BCUT2D eigenvalue weighted by molar-refractivity contribution is 6.30. The molecule has 1 N–H and O–H groups in total. The van der Waals surface area contributed by atoms with Gasteiger partial charge in [0.05, 0.1) is 22.1 Å². The molecule has 0 saturated heterocycles. The number of hydrogen-bond donors (Lipinski definition) is 1. The molecule has 0 heterocycles. The summed E-state index contributed by atoms with van der Waals surface area (Å²) in [5.74, 6) is -0.748. The third kappa shape index (κ3) is 5.82. The maximum atomic E-state index is 13.6. The van der Waals surface area contributed by atoms with E-state index in [1.54, 1.807) is 20.8 Å². The van der Waals surface area contributed by atoms with Gasteiger partial charge in [-0.1, -0.05) is 23.7 Å². The number of halogens is 2. The highest BCUT2D eigenvalue weighted by atomic mass is 35.5. The third-order valence-electron chi connectivity index (χ3n) is 3.21. The number of benzene rings is 2. The molecular weight excluding hydrogens is 379 g/mol. The molecule has 2 aromatic carbocycles. The van der Waals surface area contributed by atoms with Crippen LogP contribution in [0.4, 0.5) is 14.9 Å². The highest BCUT2D eigenvalue weighted by Gasteiger charge is 2.23. The molecule has 0 unspecified atom stereocenters. The number of amides is 1. The average molecular weight is 397 g/mol. The number of nitrogens with one attached hydrogen (secondary N) is 1. The lowest BCUT2D eigenvalue weighted by molar-refractivity contribution is -0.386. The first kappa shape index (κ1) is 20.4. The van der Waals surface area contributed by atoms with Crippen LogP contribution in [0.5, 0.6) is 11.5 Å². The van der Waals surface area contributed by atoms with Gasteiger partial charge in [-0.3, -0.25) is 10.1 Å². The van der Waals surface area contributed by atoms with Gasteiger partial charge in [0.25, 0.3) is 0 Å². The van der Waals surface area contributed by atoms with Crippen LogP contribution >= 0.6 is 11.6 Å². The molecule has 2 rings (SSSR count). The zero-order valence-corrected chi connectivity index (χ0v) is 15.7. The van der Waals surface area contributed by atoms with E-state index in [9.17, 15) is 19.3 Å². The second-order valence-corrected chi connectivity index (χ2v) is 6.96. The van der Waals surface area contributed by atoms with E-state index in [0.29, 0.717) is 0 Å². The molecule has 0 bridgehead atoms. The van der Waals surface area contributed by atoms with Gasteiger partial charge in [0.15, 0.2) is 0 Å². The number of alkyl carbamates (subject to hydrolysis) is 1. The Morgan fingerprint density at radius 3 is 2.59 bits per heavy atom. The fourth-order valence-corrected chi connectivity index (χ4v) is 2.27. The number of carbonyl (C=O) groups is 1. The van der Waals surface area contributed by atoms with Gasteiger partial charge in [-0.25, -0.2) is 9.18 Å². The number of carbonyl (C=O) groups excluding carboxylic acids is 1. The van der Waals surface area contributed by atoms with Crippen molar-refractivity contribution in [3.8, 4) is 11.5 Å². The highest BCUT2D eigenvalue weighted by Crippen LogP contribution is 2.35. The largest absolute Gasteiger partial charge is 0.450 e. The Kier molecular flexibility index (Phi) is 6.22. The first-order valence-electron chi connectivity index (χ1n) is 7.93. The molecule has 7 nitrogen and oxygen atoms in total. The standard InChI is InChI=1S/C18H18ClFN2O5/c1-18(2,3)27-17(23)21-10-11-5-4-6-15(16(11)22(24)25)26-12-7-8-13(19)14(20)9-12/h4-9H,10H2,1-3H3,(H,21,23). The Hall–Kier alpha value is -2.87. The van der Waals surface area contributed by atoms with Crippen LogP contribution in [0, 0.1) is 15.9 Å². The third-order valence-corrected chi connectivity index (χ3v) is 3.51. The zero-order valence-electron chi connectivity index (χ0n) is 14.9. The zero-order chi connectivity index (χ0) is 20.2. The molecule has 27 heavy (non-hydrogen) atoms. The van der Waals surface area contributed by atoms with Crippen LogP contribution in [0.25, 0.3) is 0 Å². The Labute approximate surface area is 160 Å². The van der Waals surface area contributed by atoms with E-state index in [1.807, 2.05) is 0 Å². The lowest BCUT2D eigenvalue weighted by atomic mass is 10.1. The minimum absolute atomic E-state index is 0.0530. The van der Waals surface area contributed by atoms with Crippen molar-refractivity contribution in [3.63, 3.8) is 0 Å². The smallest absolute Gasteiger partial charge is 0.407 e. The Morgan fingerprint density at radius 2 is 2.00 bits per heavy atom. The summed E-state index contributed by atoms with van der Waals surface area (Å²) in [6.07, 6.45) is -0.706. The van der Waals surface area contributed by atoms with Gasteiger partial charge in [-0.05, 0) is 39.0 Å². The summed E-state index contributed by atoms with van der Waals surface area (Å²) < 4.78 is 24.1. The number of nitro groups is 1. The van der Waals surface area contributed by atoms with Gasteiger partial charge in [0.1, 0.15) is 17.2 Å². The summed E-state index contributed by atoms with van der Waals surface area (Å²) in [6.45, 7) is 4.97. The van der Waals surface area contributed by atoms with E-state index < -0.39 is 22.4 Å². The summed E-state index contributed by atoms with van der Waals surface area (Å²) in [4.78, 5) is 22.7. The Morgan fingerprint density at radius 1 is 1.30 bits per heavy atom. The summed E-state index contributed by atoms with van der Waals surface area (Å²) in [5, 5.41) is 13.9. The number of hydrogen-bond acceptors (Lipinski definition) is 5. The average Bonchev–Trinajstić information content (AvgIpc) is 2.54. The molecule has 0 aliphatic carbocycles. The Bertz CT molecular complexity index is 867. The molecule has 2 aromatic rings. The van der Waals surface area contributed by atoms with Crippen molar-refractivity contribution in [3.05, 3.63) is 62.9 Å². The van der Waals surface area contributed by atoms with Gasteiger partial charge in [0, 0.05) is 6.07 Å². The van der Waals surface area contributed by atoms with Gasteiger partial charge >= 0.3 is 11.8 Å². The minimum Gasteiger partial charge on any atom is -0.450 e. The fourth-order valence-electron chi connectivity index (χ4n) is 2.15. The predicted molar refractivity (Wildman–Crippen MR) is 97.7 cm³/mol. The number of ether oxygens (including phenoxy) is 2. The van der Waals surface area contributed by atoms with Gasteiger partial charge < -0.3 is 14.8 Å². The van der Waals surface area contributed by atoms with Crippen LogP contribution in [0.15, 0.2) is 36.4 Å². The maximum absolute atomic E-state index is 13.6. The lowest BCUT2D eigenvalue weighted by Gasteiger charge is -2.19. The monoisotopic (exact) mass is 396 g/mol. The van der Waals surface area contributed by atoms with E-state index in [2.05, 4.69) is 5.32 Å². The number of para-hydroxylation sites is 1. The quantitative estimate of drug-likeness (QED) is 0.553. The van der Waals surface area contributed by atoms with E-state index >= 15 is 0 Å². The number of nitro benzene ring substituents is 1. The van der Waals surface area contributed by atoms with Gasteiger partial charge in [0.2, 0.25) is 5.75 Å². The first-order chi connectivity index (χ1) is 12.6. The van der Waals surface area contributed by atoms with Crippen LogP contribution in [0.1, 0.15) is 26.3 Å². The van der Waals surface area contributed by atoms with Crippen molar-refractivity contribution < 1.29 is 23.6 Å². The second-order valence-electron chi connectivity index (χ2n) is 6.55. The summed E-state index contributed by atoms with van der Waals surface area (Å²) in [6, 6.07) is 8.08. The molecule has 0 aliphatic heterocycles. The molecule has 0 spiro atoms. The predicted octanol–water partition coefficient (Wildman–Crippen LogP) is 5.20.